The summed E-state index contributed by atoms with van der Waals surface area (Å²) in [4.78, 5) is 15.0. The summed E-state index contributed by atoms with van der Waals surface area (Å²) in [5.41, 5.74) is 19.7. The lowest BCUT2D eigenvalue weighted by atomic mass is 10.0. The highest BCUT2D eigenvalue weighted by Crippen LogP contribution is 2.33. The molecule has 2 saturated heterocycles. The highest BCUT2D eigenvalue weighted by atomic mass is 16.3. The first-order chi connectivity index (χ1) is 24.1. The molecule has 250 valence electrons. The molecule has 7 nitrogen and oxygen atoms in total. The van der Waals surface area contributed by atoms with E-state index >= 15 is 0 Å². The monoisotopic (exact) mass is 650 g/mol. The van der Waals surface area contributed by atoms with Crippen LogP contribution >= 0.6 is 0 Å². The van der Waals surface area contributed by atoms with Gasteiger partial charge in [0.05, 0.1) is 12.1 Å². The largest absolute Gasteiger partial charge is 0.456 e. The first-order valence-electron chi connectivity index (χ1n) is 17.6. The number of aliphatic imine (C=N–C) groups is 2. The maximum absolute atomic E-state index is 6.70. The average molecular weight is 651 g/mol. The van der Waals surface area contributed by atoms with Gasteiger partial charge in [0, 0.05) is 61.5 Å². The lowest BCUT2D eigenvalue weighted by molar-refractivity contribution is 0.206. The van der Waals surface area contributed by atoms with Crippen molar-refractivity contribution in [2.45, 2.75) is 50.9 Å². The molecule has 2 fully saturated rings. The van der Waals surface area contributed by atoms with E-state index in [1.165, 1.54) is 11.1 Å². The van der Waals surface area contributed by atoms with Crippen molar-refractivity contribution in [3.63, 3.8) is 0 Å². The van der Waals surface area contributed by atoms with Crippen LogP contribution in [0.4, 0.5) is 0 Å². The molecule has 0 amide bonds. The average Bonchev–Trinajstić information content (AvgIpc) is 3.64. The van der Waals surface area contributed by atoms with Crippen LogP contribution in [0.15, 0.2) is 136 Å². The molecule has 7 heteroatoms. The van der Waals surface area contributed by atoms with Crippen LogP contribution in [0.5, 0.6) is 0 Å². The Morgan fingerprint density at radius 3 is 1.29 bits per heavy atom. The lowest BCUT2D eigenvalue weighted by Crippen LogP contribution is -2.35. The molecule has 0 radical (unpaired) electrons. The van der Waals surface area contributed by atoms with Crippen LogP contribution in [0.3, 0.4) is 0 Å². The first kappa shape index (κ1) is 32.6. The van der Waals surface area contributed by atoms with Crippen LogP contribution in [0.25, 0.3) is 22.6 Å². The van der Waals surface area contributed by atoms with Crippen molar-refractivity contribution in [1.29, 1.82) is 0 Å². The molecule has 2 aliphatic rings. The normalized spacial score (nSPS) is 17.4. The summed E-state index contributed by atoms with van der Waals surface area (Å²) in [5.74, 6) is 2.61. The third-order valence-corrected chi connectivity index (χ3v) is 9.80. The summed E-state index contributed by atoms with van der Waals surface area (Å²) in [6.07, 6.45) is 3.97. The molecule has 49 heavy (non-hydrogen) atoms. The van der Waals surface area contributed by atoms with Crippen molar-refractivity contribution in [1.82, 2.24) is 9.80 Å². The van der Waals surface area contributed by atoms with Gasteiger partial charge in [-0.05, 0) is 48.9 Å². The Morgan fingerprint density at radius 1 is 0.510 bits per heavy atom. The Bertz CT molecular complexity index is 1730. The Morgan fingerprint density at radius 2 is 0.878 bits per heavy atom. The van der Waals surface area contributed by atoms with Crippen molar-refractivity contribution in [3.8, 4) is 22.6 Å². The highest BCUT2D eigenvalue weighted by molar-refractivity contribution is 6.04. The summed E-state index contributed by atoms with van der Waals surface area (Å²) in [6.45, 7) is 6.01. The second-order valence-electron chi connectivity index (χ2n) is 13.3. The molecule has 0 atom stereocenters. The lowest BCUT2D eigenvalue weighted by Gasteiger charge is -2.30. The van der Waals surface area contributed by atoms with Gasteiger partial charge in [0.25, 0.3) is 0 Å². The third-order valence-electron chi connectivity index (χ3n) is 9.80. The van der Waals surface area contributed by atoms with Crippen molar-refractivity contribution in [3.05, 3.63) is 144 Å². The van der Waals surface area contributed by atoms with E-state index in [-0.39, 0.29) is 12.1 Å². The topological polar surface area (TPSA) is 96.4 Å². The van der Waals surface area contributed by atoms with Gasteiger partial charge in [0.15, 0.2) is 0 Å². The summed E-state index contributed by atoms with van der Waals surface area (Å²) in [6, 6.07) is 42.0. The molecule has 2 aliphatic heterocycles. The molecule has 0 unspecified atom stereocenters. The Hall–Kier alpha value is -4.98. The van der Waals surface area contributed by atoms with Crippen LogP contribution in [0.1, 0.15) is 47.9 Å². The van der Waals surface area contributed by atoms with Crippen LogP contribution in [-0.4, -0.2) is 59.7 Å². The van der Waals surface area contributed by atoms with Crippen molar-refractivity contribution < 1.29 is 4.42 Å². The van der Waals surface area contributed by atoms with Crippen LogP contribution in [0.2, 0.25) is 0 Å². The Balaban J connectivity index is 1.02. The fourth-order valence-corrected chi connectivity index (χ4v) is 7.10. The van der Waals surface area contributed by atoms with E-state index in [4.69, 9.17) is 25.9 Å². The van der Waals surface area contributed by atoms with E-state index in [0.717, 1.165) is 98.7 Å². The van der Waals surface area contributed by atoms with Crippen LogP contribution in [-0.2, 0) is 13.1 Å². The smallest absolute Gasteiger partial charge is 0.135 e. The molecule has 0 bridgehead atoms. The standard InChI is InChI=1S/C42H46N6O/c43-41(45-33-21-25-47(26-22-33)29-31-11-3-1-4-12-31)37-17-9-7-15-35(37)39-19-20-40(49-39)36-16-8-10-18-38(36)42(44)46-34-23-27-48(28-24-34)30-32-13-5-2-6-14-32/h1-20,33-34H,21-30H2,(H2,43,45)(H2,44,46). The van der Waals surface area contributed by atoms with Gasteiger partial charge in [-0.2, -0.15) is 0 Å². The number of amidine groups is 2. The number of hydrogen-bond donors (Lipinski definition) is 2. The summed E-state index contributed by atoms with van der Waals surface area (Å²) < 4.78 is 6.52. The van der Waals surface area contributed by atoms with E-state index in [1.807, 2.05) is 48.5 Å². The number of nitrogens with zero attached hydrogens (tertiary/aromatic N) is 4. The Labute approximate surface area is 290 Å². The minimum Gasteiger partial charge on any atom is -0.456 e. The number of likely N-dealkylation sites (tertiary alicyclic amines) is 2. The number of furan rings is 1. The predicted octanol–water partition coefficient (Wildman–Crippen LogP) is 7.35. The predicted molar refractivity (Wildman–Crippen MR) is 201 cm³/mol. The van der Waals surface area contributed by atoms with E-state index in [2.05, 4.69) is 82.6 Å². The molecule has 3 heterocycles. The van der Waals surface area contributed by atoms with Gasteiger partial charge in [0.2, 0.25) is 0 Å². The second-order valence-corrected chi connectivity index (χ2v) is 13.3. The van der Waals surface area contributed by atoms with Gasteiger partial charge in [-0.15, -0.1) is 0 Å². The molecule has 0 saturated carbocycles. The molecule has 4 N–H and O–H groups in total. The highest BCUT2D eigenvalue weighted by Gasteiger charge is 2.22. The first-order valence-corrected chi connectivity index (χ1v) is 17.6. The van der Waals surface area contributed by atoms with E-state index in [0.29, 0.717) is 11.7 Å². The fraction of sp³-hybridized carbons (Fsp3) is 0.286. The van der Waals surface area contributed by atoms with E-state index in [9.17, 15) is 0 Å². The van der Waals surface area contributed by atoms with E-state index < -0.39 is 0 Å². The number of rotatable bonds is 10. The van der Waals surface area contributed by atoms with Crippen LogP contribution in [0, 0.1) is 0 Å². The number of piperidine rings is 2. The van der Waals surface area contributed by atoms with Gasteiger partial charge < -0.3 is 15.9 Å². The number of benzene rings is 4. The van der Waals surface area contributed by atoms with Crippen molar-refractivity contribution >= 4 is 11.7 Å². The molecule has 7 rings (SSSR count). The minimum atomic E-state index is 0.206. The number of hydrogen-bond acceptors (Lipinski definition) is 5. The molecular weight excluding hydrogens is 605 g/mol. The van der Waals surface area contributed by atoms with Gasteiger partial charge in [-0.1, -0.05) is 109 Å². The zero-order valence-corrected chi connectivity index (χ0v) is 28.1. The molecule has 4 aromatic carbocycles. The minimum absolute atomic E-state index is 0.206. The van der Waals surface area contributed by atoms with Gasteiger partial charge in [-0.3, -0.25) is 19.8 Å². The van der Waals surface area contributed by atoms with Crippen molar-refractivity contribution in [2.75, 3.05) is 26.2 Å². The fourth-order valence-electron chi connectivity index (χ4n) is 7.10. The zero-order valence-electron chi connectivity index (χ0n) is 28.1. The maximum atomic E-state index is 6.70. The Kier molecular flexibility index (Phi) is 10.3. The van der Waals surface area contributed by atoms with Crippen LogP contribution < -0.4 is 11.5 Å². The third kappa shape index (κ3) is 8.19. The van der Waals surface area contributed by atoms with Gasteiger partial charge in [0.1, 0.15) is 23.2 Å². The molecule has 0 spiro atoms. The quantitative estimate of drug-likeness (QED) is 0.122. The summed E-state index contributed by atoms with van der Waals surface area (Å²) in [5, 5.41) is 0. The number of nitrogens with two attached hydrogens (primary N) is 2. The van der Waals surface area contributed by atoms with Gasteiger partial charge in [-0.25, -0.2) is 0 Å². The second kappa shape index (κ2) is 15.5. The SMILES string of the molecule is NC(=NC1CCN(Cc2ccccc2)CC1)c1ccccc1-c1ccc(-c2ccccc2C(N)=NC2CCN(Cc3ccccc3)CC2)o1. The summed E-state index contributed by atoms with van der Waals surface area (Å²) in [7, 11) is 0. The van der Waals surface area contributed by atoms with Gasteiger partial charge >= 0.3 is 0 Å². The van der Waals surface area contributed by atoms with Crippen molar-refractivity contribution in [2.24, 2.45) is 21.5 Å². The molecule has 0 aliphatic carbocycles. The summed E-state index contributed by atoms with van der Waals surface area (Å²) >= 11 is 0. The maximum Gasteiger partial charge on any atom is 0.135 e. The van der Waals surface area contributed by atoms with E-state index in [1.54, 1.807) is 0 Å². The zero-order chi connectivity index (χ0) is 33.4. The molecule has 5 aromatic rings. The molecule has 1 aromatic heterocycles. The molecular formula is C42H46N6O.